The molecule has 0 radical (unpaired) electrons. The lowest BCUT2D eigenvalue weighted by atomic mass is 9.84. The molecule has 0 N–H and O–H groups in total. The summed E-state index contributed by atoms with van der Waals surface area (Å²) in [6, 6.07) is 0. The third-order valence-corrected chi connectivity index (χ3v) is 3.39. The van der Waals surface area contributed by atoms with E-state index in [1.54, 1.807) is 0 Å². The van der Waals surface area contributed by atoms with E-state index in [4.69, 9.17) is 4.74 Å². The van der Waals surface area contributed by atoms with Crippen LogP contribution in [0.2, 0.25) is 0 Å². The van der Waals surface area contributed by atoms with Gasteiger partial charge in [-0.05, 0) is 32.1 Å². The van der Waals surface area contributed by atoms with Crippen LogP contribution in [0.1, 0.15) is 58.8 Å². The second kappa shape index (κ2) is 7.92. The lowest BCUT2D eigenvalue weighted by molar-refractivity contribution is 0.00967. The zero-order chi connectivity index (χ0) is 10.9. The van der Waals surface area contributed by atoms with Gasteiger partial charge in [-0.3, -0.25) is 0 Å². The molecule has 1 nitrogen and oxygen atoms in total. The van der Waals surface area contributed by atoms with Gasteiger partial charge in [-0.15, -0.1) is 0 Å². The Morgan fingerprint density at radius 1 is 1.27 bits per heavy atom. The SMILES string of the molecule is CC=CCOC(CCC)C1CCCCC1. The first kappa shape index (κ1) is 12.8. The van der Waals surface area contributed by atoms with Gasteiger partial charge in [0.15, 0.2) is 0 Å². The van der Waals surface area contributed by atoms with Crippen molar-refractivity contribution in [2.45, 2.75) is 64.9 Å². The summed E-state index contributed by atoms with van der Waals surface area (Å²) in [6.07, 6.45) is 14.2. The summed E-state index contributed by atoms with van der Waals surface area (Å²) >= 11 is 0. The van der Waals surface area contributed by atoms with Gasteiger partial charge in [0.25, 0.3) is 0 Å². The minimum absolute atomic E-state index is 0.520. The monoisotopic (exact) mass is 210 g/mol. The molecule has 1 unspecified atom stereocenters. The fraction of sp³-hybridized carbons (Fsp3) is 0.857. The number of rotatable bonds is 6. The Labute approximate surface area is 94.9 Å². The molecule has 1 heteroatoms. The van der Waals surface area contributed by atoms with E-state index in [0.717, 1.165) is 12.5 Å². The average molecular weight is 210 g/mol. The van der Waals surface area contributed by atoms with E-state index >= 15 is 0 Å². The maximum absolute atomic E-state index is 5.98. The molecule has 0 amide bonds. The van der Waals surface area contributed by atoms with Crippen molar-refractivity contribution in [3.8, 4) is 0 Å². The van der Waals surface area contributed by atoms with E-state index in [0.29, 0.717) is 6.10 Å². The molecule has 88 valence electrons. The summed E-state index contributed by atoms with van der Waals surface area (Å²) in [5, 5.41) is 0. The van der Waals surface area contributed by atoms with E-state index in [2.05, 4.69) is 26.0 Å². The first-order valence-electron chi connectivity index (χ1n) is 6.61. The molecule has 0 heterocycles. The first-order chi connectivity index (χ1) is 7.38. The van der Waals surface area contributed by atoms with Crippen molar-refractivity contribution in [3.63, 3.8) is 0 Å². The molecular weight excluding hydrogens is 184 g/mol. The third-order valence-electron chi connectivity index (χ3n) is 3.39. The molecule has 15 heavy (non-hydrogen) atoms. The van der Waals surface area contributed by atoms with Crippen LogP contribution in [0.4, 0.5) is 0 Å². The van der Waals surface area contributed by atoms with Crippen LogP contribution in [0.25, 0.3) is 0 Å². The Morgan fingerprint density at radius 2 is 2.00 bits per heavy atom. The zero-order valence-corrected chi connectivity index (χ0v) is 10.4. The highest BCUT2D eigenvalue weighted by Gasteiger charge is 2.22. The number of allylic oxidation sites excluding steroid dienone is 1. The quantitative estimate of drug-likeness (QED) is 0.593. The maximum atomic E-state index is 5.98. The van der Waals surface area contributed by atoms with Gasteiger partial charge in [0.05, 0.1) is 12.7 Å². The zero-order valence-electron chi connectivity index (χ0n) is 10.4. The lowest BCUT2D eigenvalue weighted by Crippen LogP contribution is -2.26. The Kier molecular flexibility index (Phi) is 6.74. The smallest absolute Gasteiger partial charge is 0.0651 e. The van der Waals surface area contributed by atoms with Gasteiger partial charge in [0.2, 0.25) is 0 Å². The first-order valence-corrected chi connectivity index (χ1v) is 6.61. The van der Waals surface area contributed by atoms with Crippen LogP contribution >= 0.6 is 0 Å². The molecule has 0 bridgehead atoms. The summed E-state index contributed by atoms with van der Waals surface area (Å²) in [7, 11) is 0. The number of hydrogen-bond acceptors (Lipinski definition) is 1. The number of hydrogen-bond donors (Lipinski definition) is 0. The van der Waals surface area contributed by atoms with E-state index in [-0.39, 0.29) is 0 Å². The second-order valence-electron chi connectivity index (χ2n) is 4.63. The largest absolute Gasteiger partial charge is 0.374 e. The summed E-state index contributed by atoms with van der Waals surface area (Å²) in [5.41, 5.74) is 0. The van der Waals surface area contributed by atoms with E-state index in [9.17, 15) is 0 Å². The molecule has 0 spiro atoms. The van der Waals surface area contributed by atoms with Gasteiger partial charge in [0, 0.05) is 0 Å². The Morgan fingerprint density at radius 3 is 2.60 bits per heavy atom. The van der Waals surface area contributed by atoms with Crippen molar-refractivity contribution in [2.75, 3.05) is 6.61 Å². The highest BCUT2D eigenvalue weighted by atomic mass is 16.5. The van der Waals surface area contributed by atoms with E-state index in [1.165, 1.54) is 44.9 Å². The van der Waals surface area contributed by atoms with Gasteiger partial charge in [-0.1, -0.05) is 44.8 Å². The Balaban J connectivity index is 2.33. The summed E-state index contributed by atoms with van der Waals surface area (Å²) in [6.45, 7) is 5.12. The van der Waals surface area contributed by atoms with Gasteiger partial charge in [-0.25, -0.2) is 0 Å². The molecular formula is C14H26O. The second-order valence-corrected chi connectivity index (χ2v) is 4.63. The third kappa shape index (κ3) is 4.83. The highest BCUT2D eigenvalue weighted by molar-refractivity contribution is 4.79. The highest BCUT2D eigenvalue weighted by Crippen LogP contribution is 2.29. The molecule has 1 rings (SSSR count). The van der Waals surface area contributed by atoms with Gasteiger partial charge in [-0.2, -0.15) is 0 Å². The summed E-state index contributed by atoms with van der Waals surface area (Å²) < 4.78 is 5.98. The molecule has 0 aromatic heterocycles. The molecule has 0 aliphatic heterocycles. The fourth-order valence-electron chi connectivity index (χ4n) is 2.52. The van der Waals surface area contributed by atoms with Crippen LogP contribution in [0.15, 0.2) is 12.2 Å². The Bertz CT molecular complexity index is 168. The molecule has 0 aromatic carbocycles. The van der Waals surface area contributed by atoms with E-state index < -0.39 is 0 Å². The van der Waals surface area contributed by atoms with Crippen molar-refractivity contribution in [1.29, 1.82) is 0 Å². The van der Waals surface area contributed by atoms with E-state index in [1.807, 2.05) is 0 Å². The van der Waals surface area contributed by atoms with Crippen LogP contribution in [0.5, 0.6) is 0 Å². The average Bonchev–Trinajstić information content (AvgIpc) is 2.29. The fourth-order valence-corrected chi connectivity index (χ4v) is 2.52. The minimum atomic E-state index is 0.520. The van der Waals surface area contributed by atoms with Gasteiger partial charge < -0.3 is 4.74 Å². The van der Waals surface area contributed by atoms with Crippen molar-refractivity contribution in [1.82, 2.24) is 0 Å². The van der Waals surface area contributed by atoms with Crippen molar-refractivity contribution >= 4 is 0 Å². The van der Waals surface area contributed by atoms with Crippen LogP contribution in [-0.4, -0.2) is 12.7 Å². The van der Waals surface area contributed by atoms with Crippen LogP contribution in [0.3, 0.4) is 0 Å². The minimum Gasteiger partial charge on any atom is -0.374 e. The Hall–Kier alpha value is -0.300. The molecule has 0 aromatic rings. The van der Waals surface area contributed by atoms with Gasteiger partial charge in [0.1, 0.15) is 0 Å². The van der Waals surface area contributed by atoms with Gasteiger partial charge >= 0.3 is 0 Å². The molecule has 0 saturated heterocycles. The molecule has 1 fully saturated rings. The molecule has 1 atom stereocenters. The molecule has 1 aliphatic rings. The van der Waals surface area contributed by atoms with Crippen molar-refractivity contribution in [3.05, 3.63) is 12.2 Å². The predicted octanol–water partition coefficient (Wildman–Crippen LogP) is 4.33. The number of ether oxygens (including phenoxy) is 1. The predicted molar refractivity (Wildman–Crippen MR) is 66.0 cm³/mol. The standard InChI is InChI=1S/C14H26O/c1-3-5-12-15-14(9-4-2)13-10-7-6-8-11-13/h3,5,13-14H,4,6-12H2,1-2H3. The topological polar surface area (TPSA) is 9.23 Å². The van der Waals surface area contributed by atoms with Crippen molar-refractivity contribution in [2.24, 2.45) is 5.92 Å². The lowest BCUT2D eigenvalue weighted by Gasteiger charge is -2.29. The van der Waals surface area contributed by atoms with Crippen molar-refractivity contribution < 1.29 is 4.74 Å². The summed E-state index contributed by atoms with van der Waals surface area (Å²) in [5.74, 6) is 0.837. The normalized spacial score (nSPS) is 20.9. The molecule has 1 aliphatic carbocycles. The van der Waals surface area contributed by atoms with Crippen LogP contribution < -0.4 is 0 Å². The van der Waals surface area contributed by atoms with Crippen LogP contribution in [0, 0.1) is 5.92 Å². The van der Waals surface area contributed by atoms with Crippen LogP contribution in [-0.2, 0) is 4.74 Å². The maximum Gasteiger partial charge on any atom is 0.0651 e. The molecule has 1 saturated carbocycles. The summed E-state index contributed by atoms with van der Waals surface area (Å²) in [4.78, 5) is 0.